The standard InChI is InChI=1S/C21H23N10O8PS/c22-12-9-13(25-4-24-12)30(5-26-9)17-11-21(34)18(38-11)20(21,39-17)3-36-40(35,41)8-1-7(2-32)37-16(8)31-6-27-10-14(31)28-19(23)29-15(10)33/h4-8,11,16-18,32,34H,1-3H2,(H,35,41)(H2,22,24,25)(H3,23,28,29,33)/t7-,8+,11-,16+,17+,18?,20-,21+,40?/m0/s1. The van der Waals surface area contributed by atoms with Gasteiger partial charge in [-0.25, -0.2) is 19.9 Å². The van der Waals surface area contributed by atoms with Crippen LogP contribution >= 0.6 is 6.49 Å². The summed E-state index contributed by atoms with van der Waals surface area (Å²) < 4.78 is 27.2. The SMILES string of the molecule is Nc1nc2c(ncn2[C@@H]2O[C@H](CO)C[C@H]2P(O)(=S)OC[C@]23O[C@@H](n4cnc5c(N)ncnc54)[C@@H]4OC2[C@]43O)c(=O)[nH]1. The second-order valence-electron chi connectivity index (χ2n) is 10.5. The molecule has 7 heterocycles. The Morgan fingerprint density at radius 2 is 1.90 bits per heavy atom. The summed E-state index contributed by atoms with van der Waals surface area (Å²) in [5, 5.41) is 21.2. The number of anilines is 2. The van der Waals surface area contributed by atoms with Gasteiger partial charge in [-0.2, -0.15) is 4.98 Å². The van der Waals surface area contributed by atoms with Gasteiger partial charge in [0.15, 0.2) is 46.6 Å². The van der Waals surface area contributed by atoms with Crippen molar-refractivity contribution in [3.8, 4) is 0 Å². The van der Waals surface area contributed by atoms with Gasteiger partial charge in [-0.1, -0.05) is 0 Å². The van der Waals surface area contributed by atoms with Crippen molar-refractivity contribution in [3.63, 3.8) is 0 Å². The summed E-state index contributed by atoms with van der Waals surface area (Å²) in [6.45, 7) is -4.34. The van der Waals surface area contributed by atoms with Crippen LogP contribution in [-0.4, -0.2) is 103 Å². The van der Waals surface area contributed by atoms with Crippen LogP contribution in [0.2, 0.25) is 0 Å². The molecule has 2 unspecified atom stereocenters. The van der Waals surface area contributed by atoms with E-state index in [1.54, 1.807) is 4.57 Å². The van der Waals surface area contributed by atoms with E-state index in [1.165, 1.54) is 23.5 Å². The van der Waals surface area contributed by atoms with Crippen LogP contribution in [0.5, 0.6) is 0 Å². The predicted molar refractivity (Wildman–Crippen MR) is 141 cm³/mol. The molecule has 0 radical (unpaired) electrons. The smallest absolute Gasteiger partial charge is 0.280 e. The number of aromatic nitrogens is 8. The maximum atomic E-state index is 12.3. The Bertz CT molecular complexity index is 1850. The molecular weight excluding hydrogens is 583 g/mol. The van der Waals surface area contributed by atoms with Crippen LogP contribution in [0.25, 0.3) is 22.3 Å². The molecule has 0 aromatic carbocycles. The van der Waals surface area contributed by atoms with Gasteiger partial charge in [0.05, 0.1) is 37.6 Å². The number of nitrogen functional groups attached to an aromatic ring is 2. The van der Waals surface area contributed by atoms with Crippen molar-refractivity contribution < 1.29 is 33.8 Å². The first-order valence-corrected chi connectivity index (χ1v) is 15.3. The highest BCUT2D eigenvalue weighted by atomic mass is 32.5. The summed E-state index contributed by atoms with van der Waals surface area (Å²) in [6.07, 6.45) is 0.409. The Labute approximate surface area is 233 Å². The van der Waals surface area contributed by atoms with Crippen molar-refractivity contribution in [1.82, 2.24) is 39.0 Å². The van der Waals surface area contributed by atoms with Crippen LogP contribution in [0.4, 0.5) is 11.8 Å². The normalized spacial score (nSPS) is 36.9. The zero-order chi connectivity index (χ0) is 28.5. The summed E-state index contributed by atoms with van der Waals surface area (Å²) in [5.41, 5.74) is 8.53. The minimum Gasteiger partial charge on any atom is -0.394 e. The highest BCUT2D eigenvalue weighted by molar-refractivity contribution is 8.09. The van der Waals surface area contributed by atoms with E-state index < -0.39 is 59.7 Å². The maximum absolute atomic E-state index is 12.3. The van der Waals surface area contributed by atoms with Crippen molar-refractivity contribution in [2.75, 3.05) is 24.7 Å². The second kappa shape index (κ2) is 8.24. The molecule has 8 rings (SSSR count). The van der Waals surface area contributed by atoms with Gasteiger partial charge in [-0.05, 0) is 18.2 Å². The fourth-order valence-corrected chi connectivity index (χ4v) is 8.60. The molecule has 0 bridgehead atoms. The molecule has 8 N–H and O–H groups in total. The summed E-state index contributed by atoms with van der Waals surface area (Å²) in [6, 6.07) is 0. The molecule has 3 saturated heterocycles. The first kappa shape index (κ1) is 25.6. The van der Waals surface area contributed by atoms with Gasteiger partial charge in [-0.3, -0.25) is 18.9 Å². The van der Waals surface area contributed by atoms with E-state index in [0.717, 1.165) is 0 Å². The van der Waals surface area contributed by atoms with E-state index >= 15 is 0 Å². The quantitative estimate of drug-likeness (QED) is 0.123. The molecule has 3 aliphatic heterocycles. The average molecular weight is 607 g/mol. The van der Waals surface area contributed by atoms with Crippen LogP contribution in [-0.2, 0) is 30.5 Å². The molecule has 4 aliphatic rings. The van der Waals surface area contributed by atoms with Crippen LogP contribution < -0.4 is 17.0 Å². The molecule has 216 valence electrons. The molecule has 20 heteroatoms. The molecule has 9 atom stereocenters. The number of aliphatic hydroxyl groups excluding tert-OH is 1. The third-order valence-corrected chi connectivity index (χ3v) is 11.3. The molecule has 4 aromatic rings. The molecular formula is C21H23N10O8PS. The zero-order valence-electron chi connectivity index (χ0n) is 20.8. The zero-order valence-corrected chi connectivity index (χ0v) is 22.6. The lowest BCUT2D eigenvalue weighted by Crippen LogP contribution is -2.49. The number of fused-ring (bicyclic) bond motifs is 3. The molecule has 1 saturated carbocycles. The van der Waals surface area contributed by atoms with E-state index in [4.69, 9.17) is 42.0 Å². The lowest BCUT2D eigenvalue weighted by Gasteiger charge is -2.36. The van der Waals surface area contributed by atoms with Crippen molar-refractivity contribution in [3.05, 3.63) is 29.3 Å². The summed E-state index contributed by atoms with van der Waals surface area (Å²) >= 11 is 5.62. The largest absolute Gasteiger partial charge is 0.394 e. The number of H-pyrrole nitrogens is 1. The van der Waals surface area contributed by atoms with Crippen LogP contribution in [0, 0.1) is 0 Å². The van der Waals surface area contributed by atoms with E-state index in [0.29, 0.717) is 11.2 Å². The maximum Gasteiger partial charge on any atom is 0.280 e. The number of aliphatic hydroxyl groups is 2. The van der Waals surface area contributed by atoms with Crippen LogP contribution in [0.1, 0.15) is 18.9 Å². The van der Waals surface area contributed by atoms with Gasteiger partial charge in [0, 0.05) is 0 Å². The van der Waals surface area contributed by atoms with Gasteiger partial charge in [0.25, 0.3) is 5.56 Å². The van der Waals surface area contributed by atoms with Gasteiger partial charge < -0.3 is 45.3 Å². The Morgan fingerprint density at radius 3 is 2.68 bits per heavy atom. The van der Waals surface area contributed by atoms with Gasteiger partial charge in [0.2, 0.25) is 5.95 Å². The minimum atomic E-state index is -3.72. The third-order valence-electron chi connectivity index (χ3n) is 8.36. The van der Waals surface area contributed by atoms with E-state index in [9.17, 15) is 19.9 Å². The third kappa shape index (κ3) is 3.23. The lowest BCUT2D eigenvalue weighted by molar-refractivity contribution is -0.235. The second-order valence-corrected chi connectivity index (χ2v) is 14.1. The predicted octanol–water partition coefficient (Wildman–Crippen LogP) is -2.13. The van der Waals surface area contributed by atoms with Gasteiger partial charge >= 0.3 is 0 Å². The molecule has 4 aromatic heterocycles. The molecule has 41 heavy (non-hydrogen) atoms. The number of nitrogens with one attached hydrogen (secondary N) is 1. The average Bonchev–Trinajstić information content (AvgIpc) is 3.59. The fourth-order valence-electron chi connectivity index (χ4n) is 6.27. The van der Waals surface area contributed by atoms with Crippen molar-refractivity contribution in [1.29, 1.82) is 0 Å². The summed E-state index contributed by atoms with van der Waals surface area (Å²) in [7, 11) is 0. The first-order chi connectivity index (χ1) is 19.6. The molecule has 18 nitrogen and oxygen atoms in total. The number of imidazole rings is 2. The molecule has 0 spiro atoms. The number of hydrogen-bond donors (Lipinski definition) is 6. The Hall–Kier alpha value is -3.13. The highest BCUT2D eigenvalue weighted by Crippen LogP contribution is 2.74. The number of rotatable bonds is 7. The first-order valence-electron chi connectivity index (χ1n) is 12.5. The monoisotopic (exact) mass is 606 g/mol. The topological polar surface area (TPSA) is 257 Å². The van der Waals surface area contributed by atoms with E-state index in [-0.39, 0.29) is 42.6 Å². The Morgan fingerprint density at radius 1 is 1.15 bits per heavy atom. The Kier molecular flexibility index (Phi) is 5.14. The number of aromatic amines is 1. The fraction of sp³-hybridized carbons (Fsp3) is 0.524. The van der Waals surface area contributed by atoms with Crippen molar-refractivity contribution in [2.24, 2.45) is 0 Å². The minimum absolute atomic E-state index is 0.0180. The summed E-state index contributed by atoms with van der Waals surface area (Å²) in [4.78, 5) is 46.9. The van der Waals surface area contributed by atoms with Crippen molar-refractivity contribution in [2.45, 2.75) is 54.0 Å². The van der Waals surface area contributed by atoms with Crippen LogP contribution in [0.3, 0.4) is 0 Å². The lowest BCUT2D eigenvalue weighted by atomic mass is 10.1. The van der Waals surface area contributed by atoms with E-state index in [2.05, 4.69) is 29.9 Å². The number of nitrogens with zero attached hydrogens (tertiary/aromatic N) is 7. The highest BCUT2D eigenvalue weighted by Gasteiger charge is 2.96. The van der Waals surface area contributed by atoms with E-state index in [1.807, 2.05) is 0 Å². The number of ether oxygens (including phenoxy) is 3. The van der Waals surface area contributed by atoms with Crippen molar-refractivity contribution >= 4 is 52.4 Å². The van der Waals surface area contributed by atoms with Gasteiger partial charge in [0.1, 0.15) is 30.3 Å². The molecule has 0 amide bonds. The number of hydrogen-bond acceptors (Lipinski definition) is 15. The summed E-state index contributed by atoms with van der Waals surface area (Å²) in [5.74, 6) is 0.0702. The number of nitrogens with two attached hydrogens (primary N) is 2. The Balaban J connectivity index is 1.07. The molecule has 4 fully saturated rings. The van der Waals surface area contributed by atoms with Crippen LogP contribution in [0.15, 0.2) is 23.8 Å². The molecule has 1 aliphatic carbocycles. The van der Waals surface area contributed by atoms with Gasteiger partial charge in [-0.15, -0.1) is 0 Å².